The van der Waals surface area contributed by atoms with Gasteiger partial charge in [0.2, 0.25) is 0 Å². The van der Waals surface area contributed by atoms with Crippen molar-refractivity contribution in [3.8, 4) is 0 Å². The van der Waals surface area contributed by atoms with Crippen molar-refractivity contribution in [1.29, 1.82) is 0 Å². The molecule has 2 aliphatic heterocycles. The fourth-order valence-electron chi connectivity index (χ4n) is 5.54. The summed E-state index contributed by atoms with van der Waals surface area (Å²) in [5.74, 6) is 0.864. The quantitative estimate of drug-likeness (QED) is 0.686. The summed E-state index contributed by atoms with van der Waals surface area (Å²) in [6, 6.07) is 2.37. The Bertz CT molecular complexity index is 399. The van der Waals surface area contributed by atoms with Crippen LogP contribution in [0.3, 0.4) is 0 Å². The van der Waals surface area contributed by atoms with Crippen molar-refractivity contribution in [3.63, 3.8) is 0 Å². The average Bonchev–Trinajstić information content (AvgIpc) is 3.33. The van der Waals surface area contributed by atoms with Crippen LogP contribution in [0.15, 0.2) is 0 Å². The summed E-state index contributed by atoms with van der Waals surface area (Å²) in [5, 5.41) is 0. The van der Waals surface area contributed by atoms with Gasteiger partial charge in [-0.15, -0.1) is 0 Å². The van der Waals surface area contributed by atoms with Crippen LogP contribution in [0.4, 0.5) is 0 Å². The van der Waals surface area contributed by atoms with E-state index < -0.39 is 0 Å². The topological polar surface area (TPSA) is 9.72 Å². The van der Waals surface area contributed by atoms with Crippen molar-refractivity contribution < 1.29 is 0 Å². The maximum Gasteiger partial charge on any atom is 0.0119 e. The zero-order chi connectivity index (χ0) is 18.0. The average molecular weight is 350 g/mol. The fraction of sp³-hybridized carbons (Fsp3) is 1.00. The molecule has 0 aromatic carbocycles. The fourth-order valence-corrected chi connectivity index (χ4v) is 5.54. The van der Waals surface area contributed by atoms with Gasteiger partial charge in [0.05, 0.1) is 0 Å². The van der Waals surface area contributed by atoms with Gasteiger partial charge in [-0.2, -0.15) is 0 Å². The van der Waals surface area contributed by atoms with Crippen LogP contribution in [0.25, 0.3) is 0 Å². The van der Waals surface area contributed by atoms with Crippen molar-refractivity contribution in [2.45, 2.75) is 90.8 Å². The van der Waals surface area contributed by atoms with E-state index in [4.69, 9.17) is 0 Å². The van der Waals surface area contributed by atoms with Gasteiger partial charge in [-0.25, -0.2) is 0 Å². The lowest BCUT2D eigenvalue weighted by Gasteiger charge is -2.44. The predicted molar refractivity (Wildman–Crippen MR) is 108 cm³/mol. The third kappa shape index (κ3) is 5.20. The van der Waals surface area contributed by atoms with Crippen molar-refractivity contribution in [3.05, 3.63) is 0 Å². The van der Waals surface area contributed by atoms with E-state index in [-0.39, 0.29) is 0 Å². The van der Waals surface area contributed by atoms with Crippen LogP contribution in [0.1, 0.15) is 72.6 Å². The van der Waals surface area contributed by atoms with Crippen LogP contribution >= 0.6 is 0 Å². The van der Waals surface area contributed by atoms with E-state index in [2.05, 4.69) is 49.4 Å². The Morgan fingerprint density at radius 2 is 1.40 bits per heavy atom. The van der Waals surface area contributed by atoms with Crippen LogP contribution in [-0.2, 0) is 0 Å². The van der Waals surface area contributed by atoms with Gasteiger partial charge in [-0.1, -0.05) is 13.8 Å². The number of hydrogen-bond acceptors (Lipinski definition) is 3. The van der Waals surface area contributed by atoms with Gasteiger partial charge in [0.25, 0.3) is 0 Å². The Balaban J connectivity index is 1.40. The molecule has 1 saturated carbocycles. The summed E-state index contributed by atoms with van der Waals surface area (Å²) >= 11 is 0. The van der Waals surface area contributed by atoms with Crippen molar-refractivity contribution in [2.75, 3.05) is 39.8 Å². The zero-order valence-corrected chi connectivity index (χ0v) is 17.6. The highest BCUT2D eigenvalue weighted by Gasteiger charge is 2.44. The first-order valence-corrected chi connectivity index (χ1v) is 11.1. The third-order valence-electron chi connectivity index (χ3n) is 7.30. The first kappa shape index (κ1) is 19.6. The minimum absolute atomic E-state index is 0.705. The SMILES string of the molecule is CC(C)CC1(CN2CCC(N(C)C3CCN(C(C)C)CC3)CC2)CC1. The van der Waals surface area contributed by atoms with Crippen molar-refractivity contribution >= 4 is 0 Å². The molecular formula is C22H43N3. The number of hydrogen-bond donors (Lipinski definition) is 0. The molecule has 0 aromatic heterocycles. The molecular weight excluding hydrogens is 306 g/mol. The summed E-state index contributed by atoms with van der Waals surface area (Å²) in [5.41, 5.74) is 0.705. The zero-order valence-electron chi connectivity index (χ0n) is 17.6. The maximum absolute atomic E-state index is 2.79. The largest absolute Gasteiger partial charge is 0.303 e. The monoisotopic (exact) mass is 349 g/mol. The van der Waals surface area contributed by atoms with E-state index in [1.807, 2.05) is 0 Å². The third-order valence-corrected chi connectivity index (χ3v) is 7.30. The second-order valence-electron chi connectivity index (χ2n) is 10.1. The molecule has 3 heteroatoms. The standard InChI is InChI=1S/C22H43N3/c1-18(2)16-22(10-11-22)17-24-12-6-20(7-13-24)23(5)21-8-14-25(15-9-21)19(3)4/h18-21H,6-17H2,1-5H3. The molecule has 3 nitrogen and oxygen atoms in total. The van der Waals surface area contributed by atoms with Crippen LogP contribution in [0.5, 0.6) is 0 Å². The first-order chi connectivity index (χ1) is 11.9. The van der Waals surface area contributed by atoms with Gasteiger partial charge in [-0.05, 0) is 103 Å². The normalized spacial score (nSPS) is 26.9. The molecule has 3 fully saturated rings. The minimum atomic E-state index is 0.705. The number of rotatable bonds is 7. The predicted octanol–water partition coefficient (Wildman–Crippen LogP) is 4.08. The molecule has 0 spiro atoms. The second-order valence-corrected chi connectivity index (χ2v) is 10.1. The van der Waals surface area contributed by atoms with Gasteiger partial charge in [0, 0.05) is 24.7 Å². The molecule has 2 heterocycles. The Kier molecular flexibility index (Phi) is 6.50. The van der Waals surface area contributed by atoms with Gasteiger partial charge in [0.15, 0.2) is 0 Å². The van der Waals surface area contributed by atoms with E-state index >= 15 is 0 Å². The smallest absolute Gasteiger partial charge is 0.0119 e. The highest BCUT2D eigenvalue weighted by molar-refractivity contribution is 4.97. The Labute approximate surface area is 157 Å². The summed E-state index contributed by atoms with van der Waals surface area (Å²) < 4.78 is 0. The van der Waals surface area contributed by atoms with E-state index in [1.165, 1.54) is 77.7 Å². The summed E-state index contributed by atoms with van der Waals surface area (Å²) in [6.07, 6.45) is 9.93. The van der Waals surface area contributed by atoms with Gasteiger partial charge in [0.1, 0.15) is 0 Å². The van der Waals surface area contributed by atoms with Crippen LogP contribution in [0.2, 0.25) is 0 Å². The van der Waals surface area contributed by atoms with E-state index in [0.717, 1.165) is 24.0 Å². The highest BCUT2D eigenvalue weighted by atomic mass is 15.2. The number of likely N-dealkylation sites (tertiary alicyclic amines) is 2. The lowest BCUT2D eigenvalue weighted by molar-refractivity contribution is 0.0483. The van der Waals surface area contributed by atoms with Gasteiger partial charge < -0.3 is 14.7 Å². The molecule has 0 bridgehead atoms. The number of piperidine rings is 2. The van der Waals surface area contributed by atoms with Crippen molar-refractivity contribution in [1.82, 2.24) is 14.7 Å². The summed E-state index contributed by atoms with van der Waals surface area (Å²) in [4.78, 5) is 8.20. The lowest BCUT2D eigenvalue weighted by atomic mass is 9.92. The van der Waals surface area contributed by atoms with Crippen molar-refractivity contribution in [2.24, 2.45) is 11.3 Å². The van der Waals surface area contributed by atoms with Gasteiger partial charge in [-0.3, -0.25) is 0 Å². The van der Waals surface area contributed by atoms with E-state index in [0.29, 0.717) is 5.41 Å². The Hall–Kier alpha value is -0.120. The molecule has 0 atom stereocenters. The molecule has 3 aliphatic rings. The van der Waals surface area contributed by atoms with Crippen LogP contribution < -0.4 is 0 Å². The molecule has 146 valence electrons. The second kappa shape index (κ2) is 8.27. The Morgan fingerprint density at radius 1 is 0.880 bits per heavy atom. The molecule has 2 saturated heterocycles. The van der Waals surface area contributed by atoms with Gasteiger partial charge >= 0.3 is 0 Å². The first-order valence-electron chi connectivity index (χ1n) is 11.1. The van der Waals surface area contributed by atoms with E-state index in [1.54, 1.807) is 0 Å². The molecule has 25 heavy (non-hydrogen) atoms. The highest BCUT2D eigenvalue weighted by Crippen LogP contribution is 2.51. The van der Waals surface area contributed by atoms with E-state index in [9.17, 15) is 0 Å². The summed E-state index contributed by atoms with van der Waals surface area (Å²) in [7, 11) is 2.41. The molecule has 0 N–H and O–H groups in total. The summed E-state index contributed by atoms with van der Waals surface area (Å²) in [6.45, 7) is 16.1. The lowest BCUT2D eigenvalue weighted by Crippen LogP contribution is -2.51. The molecule has 1 aliphatic carbocycles. The number of nitrogens with zero attached hydrogens (tertiary/aromatic N) is 3. The maximum atomic E-state index is 2.79. The van der Waals surface area contributed by atoms with Crippen LogP contribution in [0, 0.1) is 11.3 Å². The molecule has 3 rings (SSSR count). The Morgan fingerprint density at radius 3 is 1.84 bits per heavy atom. The molecule has 0 radical (unpaired) electrons. The molecule has 0 unspecified atom stereocenters. The van der Waals surface area contributed by atoms with Crippen LogP contribution in [-0.4, -0.2) is 72.6 Å². The molecule has 0 aromatic rings. The molecule has 0 amide bonds. The minimum Gasteiger partial charge on any atom is -0.303 e.